The van der Waals surface area contributed by atoms with Crippen molar-refractivity contribution in [2.24, 2.45) is 0 Å². The first-order valence-corrected chi connectivity index (χ1v) is 10.2. The van der Waals surface area contributed by atoms with Gasteiger partial charge in [-0.25, -0.2) is 4.98 Å². The number of oxazole rings is 1. The summed E-state index contributed by atoms with van der Waals surface area (Å²) in [5.41, 5.74) is 4.80. The summed E-state index contributed by atoms with van der Waals surface area (Å²) < 4.78 is 5.85. The van der Waals surface area contributed by atoms with Gasteiger partial charge in [0.25, 0.3) is 5.91 Å². The molecule has 0 bridgehead atoms. The van der Waals surface area contributed by atoms with E-state index in [4.69, 9.17) is 28.2 Å². The highest BCUT2D eigenvalue weighted by atomic mass is 35.5. The Morgan fingerprint density at radius 2 is 1.84 bits per heavy atom. The Morgan fingerprint density at radius 3 is 2.61 bits per heavy atom. The third kappa shape index (κ3) is 4.38. The molecule has 3 aromatic carbocycles. The minimum absolute atomic E-state index is 0.0107. The van der Waals surface area contributed by atoms with Crippen LogP contribution in [0.2, 0.25) is 5.02 Å². The average molecular weight is 452 g/mol. The van der Waals surface area contributed by atoms with Gasteiger partial charge >= 0.3 is 0 Å². The van der Waals surface area contributed by atoms with E-state index in [1.165, 1.54) is 6.07 Å². The van der Waals surface area contributed by atoms with Crippen molar-refractivity contribution in [3.8, 4) is 17.2 Å². The number of carbonyl (C=O) groups excluding carboxylic acids is 1. The molecule has 0 aliphatic rings. The molecule has 156 valence electrons. The van der Waals surface area contributed by atoms with Crippen molar-refractivity contribution in [3.63, 3.8) is 0 Å². The van der Waals surface area contributed by atoms with Gasteiger partial charge in [-0.3, -0.25) is 10.1 Å². The number of halogens is 1. The molecule has 31 heavy (non-hydrogen) atoms. The van der Waals surface area contributed by atoms with E-state index in [1.807, 2.05) is 26.0 Å². The lowest BCUT2D eigenvalue weighted by atomic mass is 10.1. The van der Waals surface area contributed by atoms with Crippen molar-refractivity contribution in [1.29, 1.82) is 0 Å². The number of aromatic hydroxyl groups is 1. The topological polar surface area (TPSA) is 87.4 Å². The first-order chi connectivity index (χ1) is 14.8. The fourth-order valence-electron chi connectivity index (χ4n) is 3.06. The van der Waals surface area contributed by atoms with Gasteiger partial charge in [0.2, 0.25) is 5.89 Å². The number of phenolic OH excluding ortho intramolecular Hbond substituents is 1. The lowest BCUT2D eigenvalue weighted by molar-refractivity contribution is 0.0978. The Bertz CT molecular complexity index is 1290. The molecule has 1 heterocycles. The number of amides is 1. The lowest BCUT2D eigenvalue weighted by Crippen LogP contribution is -2.34. The molecule has 6 nitrogen and oxygen atoms in total. The SMILES string of the molecule is Cc1cc2nc(-c3cc(NC(=S)NC(=O)c4ccccc4Cl)ccc3O)oc2cc1C. The number of rotatable bonds is 3. The number of thiocarbonyl (C=S) groups is 1. The summed E-state index contributed by atoms with van der Waals surface area (Å²) in [6.07, 6.45) is 0. The minimum atomic E-state index is -0.424. The first kappa shape index (κ1) is 20.8. The number of phenols is 1. The van der Waals surface area contributed by atoms with Crippen molar-refractivity contribution < 1.29 is 14.3 Å². The molecular formula is C23H18ClN3O3S. The van der Waals surface area contributed by atoms with E-state index in [9.17, 15) is 9.90 Å². The van der Waals surface area contributed by atoms with E-state index in [0.717, 1.165) is 11.1 Å². The van der Waals surface area contributed by atoms with Crippen molar-refractivity contribution in [2.75, 3.05) is 5.32 Å². The maximum absolute atomic E-state index is 12.4. The monoisotopic (exact) mass is 451 g/mol. The van der Waals surface area contributed by atoms with Crippen LogP contribution in [0.15, 0.2) is 59.0 Å². The Morgan fingerprint density at radius 1 is 1.10 bits per heavy atom. The van der Waals surface area contributed by atoms with Gasteiger partial charge in [-0.2, -0.15) is 0 Å². The lowest BCUT2D eigenvalue weighted by Gasteiger charge is -2.11. The van der Waals surface area contributed by atoms with Crippen LogP contribution in [0.3, 0.4) is 0 Å². The van der Waals surface area contributed by atoms with Crippen LogP contribution in [-0.2, 0) is 0 Å². The van der Waals surface area contributed by atoms with Crippen LogP contribution in [0.4, 0.5) is 5.69 Å². The number of nitrogens with zero attached hydrogens (tertiary/aromatic N) is 1. The summed E-state index contributed by atoms with van der Waals surface area (Å²) in [6.45, 7) is 4.00. The number of aryl methyl sites for hydroxylation is 2. The van der Waals surface area contributed by atoms with Crippen LogP contribution in [-0.4, -0.2) is 21.1 Å². The fourth-order valence-corrected chi connectivity index (χ4v) is 3.49. The Balaban J connectivity index is 1.56. The summed E-state index contributed by atoms with van der Waals surface area (Å²) >= 11 is 11.3. The molecule has 0 saturated heterocycles. The van der Waals surface area contributed by atoms with Gasteiger partial charge in [-0.1, -0.05) is 23.7 Å². The predicted molar refractivity (Wildman–Crippen MR) is 126 cm³/mol. The molecule has 0 fully saturated rings. The van der Waals surface area contributed by atoms with E-state index >= 15 is 0 Å². The minimum Gasteiger partial charge on any atom is -0.507 e. The highest BCUT2D eigenvalue weighted by Gasteiger charge is 2.15. The summed E-state index contributed by atoms with van der Waals surface area (Å²) in [4.78, 5) is 16.9. The number of fused-ring (bicyclic) bond motifs is 1. The highest BCUT2D eigenvalue weighted by Crippen LogP contribution is 2.34. The van der Waals surface area contributed by atoms with E-state index in [1.54, 1.807) is 36.4 Å². The normalized spacial score (nSPS) is 10.8. The second-order valence-electron chi connectivity index (χ2n) is 7.04. The molecule has 8 heteroatoms. The zero-order valence-electron chi connectivity index (χ0n) is 16.7. The third-order valence-corrected chi connectivity index (χ3v) is 5.37. The van der Waals surface area contributed by atoms with Crippen LogP contribution in [0.25, 0.3) is 22.6 Å². The van der Waals surface area contributed by atoms with Crippen molar-refractivity contribution in [3.05, 3.63) is 76.3 Å². The second kappa shape index (κ2) is 8.37. The molecule has 1 aromatic heterocycles. The number of aromatic nitrogens is 1. The van der Waals surface area contributed by atoms with Crippen molar-refractivity contribution in [2.45, 2.75) is 13.8 Å². The summed E-state index contributed by atoms with van der Waals surface area (Å²) in [5.74, 6) is -0.129. The van der Waals surface area contributed by atoms with Crippen LogP contribution in [0.1, 0.15) is 21.5 Å². The van der Waals surface area contributed by atoms with Gasteiger partial charge < -0.3 is 14.8 Å². The van der Waals surface area contributed by atoms with Gasteiger partial charge in [0.05, 0.1) is 16.1 Å². The largest absolute Gasteiger partial charge is 0.507 e. The van der Waals surface area contributed by atoms with Crippen molar-refractivity contribution >= 4 is 51.6 Å². The molecule has 0 radical (unpaired) electrons. The van der Waals surface area contributed by atoms with Gasteiger partial charge in [-0.15, -0.1) is 0 Å². The molecule has 4 rings (SSSR count). The molecule has 0 aliphatic carbocycles. The molecule has 0 unspecified atom stereocenters. The van der Waals surface area contributed by atoms with Gasteiger partial charge in [0.1, 0.15) is 11.3 Å². The summed E-state index contributed by atoms with van der Waals surface area (Å²) in [7, 11) is 0. The maximum Gasteiger partial charge on any atom is 0.258 e. The molecule has 0 saturated carbocycles. The van der Waals surface area contributed by atoms with Gasteiger partial charge in [-0.05, 0) is 79.7 Å². The molecular weight excluding hydrogens is 434 g/mol. The number of hydrogen-bond donors (Lipinski definition) is 3. The zero-order valence-corrected chi connectivity index (χ0v) is 18.3. The average Bonchev–Trinajstić information content (AvgIpc) is 3.12. The molecule has 1 amide bonds. The van der Waals surface area contributed by atoms with E-state index < -0.39 is 5.91 Å². The van der Waals surface area contributed by atoms with Gasteiger partial charge in [0, 0.05) is 5.69 Å². The Kier molecular flexibility index (Phi) is 5.63. The maximum atomic E-state index is 12.4. The quantitative estimate of drug-likeness (QED) is 0.277. The van der Waals surface area contributed by atoms with Crippen LogP contribution < -0.4 is 10.6 Å². The molecule has 0 spiro atoms. The van der Waals surface area contributed by atoms with E-state index in [2.05, 4.69) is 15.6 Å². The van der Waals surface area contributed by atoms with Crippen LogP contribution >= 0.6 is 23.8 Å². The molecule has 4 aromatic rings. The van der Waals surface area contributed by atoms with Crippen LogP contribution in [0, 0.1) is 13.8 Å². The fraction of sp³-hybridized carbons (Fsp3) is 0.0870. The second-order valence-corrected chi connectivity index (χ2v) is 7.86. The number of hydrogen-bond acceptors (Lipinski definition) is 5. The summed E-state index contributed by atoms with van der Waals surface area (Å²) in [5, 5.41) is 16.3. The number of benzene rings is 3. The molecule has 0 aliphatic heterocycles. The van der Waals surface area contributed by atoms with E-state index in [-0.39, 0.29) is 16.8 Å². The molecule has 3 N–H and O–H groups in total. The van der Waals surface area contributed by atoms with Crippen LogP contribution in [0.5, 0.6) is 5.75 Å². The summed E-state index contributed by atoms with van der Waals surface area (Å²) in [6, 6.07) is 15.3. The van der Waals surface area contributed by atoms with Gasteiger partial charge in [0.15, 0.2) is 10.7 Å². The number of nitrogens with one attached hydrogen (secondary N) is 2. The third-order valence-electron chi connectivity index (χ3n) is 4.83. The zero-order chi connectivity index (χ0) is 22.1. The Hall–Kier alpha value is -3.42. The smallest absolute Gasteiger partial charge is 0.258 e. The number of carbonyl (C=O) groups is 1. The highest BCUT2D eigenvalue weighted by molar-refractivity contribution is 7.80. The standard InChI is InChI=1S/C23H18ClN3O3S/c1-12-9-18-20(10-13(12)2)30-22(26-18)16-11-14(7-8-19(16)28)25-23(31)27-21(29)15-5-3-4-6-17(15)24/h3-11,28H,1-2H3,(H2,25,27,29,31). The number of anilines is 1. The van der Waals surface area contributed by atoms with E-state index in [0.29, 0.717) is 32.9 Å². The molecule has 0 atom stereocenters. The first-order valence-electron chi connectivity index (χ1n) is 9.40. The van der Waals surface area contributed by atoms with Crippen molar-refractivity contribution in [1.82, 2.24) is 10.3 Å². The Labute approximate surface area is 188 Å². The predicted octanol–water partition coefficient (Wildman–Crippen LogP) is 5.60.